The van der Waals surface area contributed by atoms with Crippen molar-refractivity contribution in [3.8, 4) is 17.1 Å². The summed E-state index contributed by atoms with van der Waals surface area (Å²) in [6, 6.07) is 15.5. The lowest BCUT2D eigenvalue weighted by atomic mass is 10.1. The molecule has 0 saturated carbocycles. The van der Waals surface area contributed by atoms with Crippen LogP contribution < -0.4 is 14.8 Å². The van der Waals surface area contributed by atoms with E-state index in [1.165, 1.54) is 11.3 Å². The van der Waals surface area contributed by atoms with Crippen molar-refractivity contribution in [2.45, 2.75) is 6.92 Å². The van der Waals surface area contributed by atoms with Gasteiger partial charge in [0, 0.05) is 11.1 Å². The van der Waals surface area contributed by atoms with Gasteiger partial charge in [-0.05, 0) is 19.1 Å². The van der Waals surface area contributed by atoms with Crippen LogP contribution in [0.5, 0.6) is 5.75 Å². The van der Waals surface area contributed by atoms with E-state index in [-0.39, 0.29) is 5.56 Å². The van der Waals surface area contributed by atoms with Crippen LogP contribution in [0.4, 0.5) is 0 Å². The molecule has 25 heavy (non-hydrogen) atoms. The van der Waals surface area contributed by atoms with E-state index >= 15 is 0 Å². The minimum atomic E-state index is -0.119. The van der Waals surface area contributed by atoms with Crippen LogP contribution in [0.3, 0.4) is 0 Å². The minimum absolute atomic E-state index is 0.119. The molecule has 2 heterocycles. The molecule has 0 fully saturated rings. The van der Waals surface area contributed by atoms with Crippen molar-refractivity contribution >= 4 is 22.4 Å². The monoisotopic (exact) mass is 349 g/mol. The summed E-state index contributed by atoms with van der Waals surface area (Å²) in [7, 11) is 1.62. The Labute approximate surface area is 147 Å². The summed E-state index contributed by atoms with van der Waals surface area (Å²) in [4.78, 5) is 13.5. The lowest BCUT2D eigenvalue weighted by molar-refractivity contribution is 0.414. The second kappa shape index (κ2) is 6.14. The number of aromatic nitrogens is 3. The molecular formula is C19H15N3O2S. The van der Waals surface area contributed by atoms with E-state index in [1.807, 2.05) is 61.5 Å². The standard InChI is InChI=1S/C19H15N3O2S/c1-12-7-9-13(10-8-12)17-20-21-19-22(17)18(23)16(25-19)11-14-5-3-4-6-15(14)24-2/h3-11H,1-2H3. The maximum Gasteiger partial charge on any atom is 0.276 e. The average molecular weight is 349 g/mol. The van der Waals surface area contributed by atoms with Crippen LogP contribution in [-0.4, -0.2) is 21.7 Å². The Balaban J connectivity index is 1.91. The molecular weight excluding hydrogens is 334 g/mol. The number of hydrogen-bond donors (Lipinski definition) is 0. The lowest BCUT2D eigenvalue weighted by Gasteiger charge is -2.02. The van der Waals surface area contributed by atoms with Crippen molar-refractivity contribution in [3.05, 3.63) is 74.5 Å². The number of nitrogens with zero attached hydrogens (tertiary/aromatic N) is 3. The summed E-state index contributed by atoms with van der Waals surface area (Å²) in [6.07, 6.45) is 1.83. The van der Waals surface area contributed by atoms with E-state index in [1.54, 1.807) is 11.5 Å². The van der Waals surface area contributed by atoms with Crippen LogP contribution in [0.25, 0.3) is 22.4 Å². The summed E-state index contributed by atoms with van der Waals surface area (Å²) in [5, 5.41) is 8.35. The first kappa shape index (κ1) is 15.5. The molecule has 0 radical (unpaired) electrons. The summed E-state index contributed by atoms with van der Waals surface area (Å²) < 4.78 is 7.52. The van der Waals surface area contributed by atoms with Gasteiger partial charge in [0.15, 0.2) is 5.82 Å². The number of para-hydroxylation sites is 1. The highest BCUT2D eigenvalue weighted by atomic mass is 32.1. The first-order valence-electron chi connectivity index (χ1n) is 7.77. The normalized spacial score (nSPS) is 12.0. The van der Waals surface area contributed by atoms with Gasteiger partial charge in [0.25, 0.3) is 5.56 Å². The third kappa shape index (κ3) is 2.70. The smallest absolute Gasteiger partial charge is 0.276 e. The Morgan fingerprint density at radius 1 is 1.08 bits per heavy atom. The summed E-state index contributed by atoms with van der Waals surface area (Å²) in [5.74, 6) is 1.29. The highest BCUT2D eigenvalue weighted by molar-refractivity contribution is 7.15. The third-order valence-corrected chi connectivity index (χ3v) is 4.94. The molecule has 4 rings (SSSR count). The van der Waals surface area contributed by atoms with Crippen LogP contribution in [0.15, 0.2) is 53.3 Å². The van der Waals surface area contributed by atoms with Gasteiger partial charge < -0.3 is 4.74 Å². The van der Waals surface area contributed by atoms with E-state index in [0.29, 0.717) is 15.3 Å². The van der Waals surface area contributed by atoms with Crippen LogP contribution in [0, 0.1) is 6.92 Å². The average Bonchev–Trinajstić information content (AvgIpc) is 3.17. The molecule has 2 aromatic heterocycles. The summed E-state index contributed by atoms with van der Waals surface area (Å²) >= 11 is 1.32. The van der Waals surface area contributed by atoms with Crippen LogP contribution in [0.2, 0.25) is 0 Å². The van der Waals surface area contributed by atoms with Crippen molar-refractivity contribution in [2.24, 2.45) is 0 Å². The van der Waals surface area contributed by atoms with Crippen LogP contribution in [-0.2, 0) is 0 Å². The molecule has 0 aliphatic carbocycles. The van der Waals surface area contributed by atoms with Gasteiger partial charge in [-0.2, -0.15) is 0 Å². The number of fused-ring (bicyclic) bond motifs is 1. The lowest BCUT2D eigenvalue weighted by Crippen LogP contribution is -2.23. The highest BCUT2D eigenvalue weighted by Crippen LogP contribution is 2.20. The number of ether oxygens (including phenoxy) is 1. The zero-order chi connectivity index (χ0) is 17.4. The summed E-state index contributed by atoms with van der Waals surface area (Å²) in [5.41, 5.74) is 2.77. The van der Waals surface area contributed by atoms with Crippen molar-refractivity contribution in [1.29, 1.82) is 0 Å². The molecule has 0 aliphatic rings. The Bertz CT molecular complexity index is 1160. The molecule has 6 heteroatoms. The fourth-order valence-corrected chi connectivity index (χ4v) is 3.58. The molecule has 5 nitrogen and oxygen atoms in total. The largest absolute Gasteiger partial charge is 0.496 e. The quantitative estimate of drug-likeness (QED) is 0.571. The Morgan fingerprint density at radius 3 is 2.60 bits per heavy atom. The number of aryl methyl sites for hydroxylation is 1. The van der Waals surface area contributed by atoms with Gasteiger partial charge >= 0.3 is 0 Å². The number of methoxy groups -OCH3 is 1. The predicted molar refractivity (Wildman–Crippen MR) is 99.1 cm³/mol. The van der Waals surface area contributed by atoms with E-state index in [2.05, 4.69) is 10.2 Å². The molecule has 0 unspecified atom stereocenters. The third-order valence-electron chi connectivity index (χ3n) is 3.98. The van der Waals surface area contributed by atoms with E-state index in [0.717, 1.165) is 22.4 Å². The predicted octanol–water partition coefficient (Wildman–Crippen LogP) is 2.68. The number of benzene rings is 2. The molecule has 4 aromatic rings. The SMILES string of the molecule is COc1ccccc1C=c1sc2nnc(-c3ccc(C)cc3)n2c1=O. The molecule has 0 atom stereocenters. The molecule has 0 saturated heterocycles. The van der Waals surface area contributed by atoms with Crippen molar-refractivity contribution < 1.29 is 4.74 Å². The number of rotatable bonds is 3. The second-order valence-corrected chi connectivity index (χ2v) is 6.67. The molecule has 0 bridgehead atoms. The molecule has 0 spiro atoms. The van der Waals surface area contributed by atoms with E-state index < -0.39 is 0 Å². The van der Waals surface area contributed by atoms with Crippen molar-refractivity contribution in [3.63, 3.8) is 0 Å². The maximum atomic E-state index is 12.9. The molecule has 0 amide bonds. The summed E-state index contributed by atoms with van der Waals surface area (Å²) in [6.45, 7) is 2.02. The van der Waals surface area contributed by atoms with Gasteiger partial charge in [0.05, 0.1) is 11.6 Å². The first-order valence-corrected chi connectivity index (χ1v) is 8.59. The Hall–Kier alpha value is -2.99. The fourth-order valence-electron chi connectivity index (χ4n) is 2.68. The Kier molecular flexibility index (Phi) is 3.82. The Morgan fingerprint density at radius 2 is 1.84 bits per heavy atom. The van der Waals surface area contributed by atoms with Crippen molar-refractivity contribution in [1.82, 2.24) is 14.6 Å². The molecule has 0 N–H and O–H groups in total. The van der Waals surface area contributed by atoms with Gasteiger partial charge in [-0.25, -0.2) is 4.40 Å². The zero-order valence-corrected chi connectivity index (χ0v) is 14.6. The van der Waals surface area contributed by atoms with Crippen LogP contribution in [0.1, 0.15) is 11.1 Å². The minimum Gasteiger partial charge on any atom is -0.496 e. The van der Waals surface area contributed by atoms with Gasteiger partial charge in [0.1, 0.15) is 5.75 Å². The fraction of sp³-hybridized carbons (Fsp3) is 0.105. The van der Waals surface area contributed by atoms with Crippen molar-refractivity contribution in [2.75, 3.05) is 7.11 Å². The van der Waals surface area contributed by atoms with Gasteiger partial charge in [-0.15, -0.1) is 10.2 Å². The van der Waals surface area contributed by atoms with E-state index in [9.17, 15) is 4.79 Å². The number of hydrogen-bond acceptors (Lipinski definition) is 5. The highest BCUT2D eigenvalue weighted by Gasteiger charge is 2.14. The van der Waals surface area contributed by atoms with E-state index in [4.69, 9.17) is 4.74 Å². The van der Waals surface area contributed by atoms with Gasteiger partial charge in [-0.1, -0.05) is 59.4 Å². The molecule has 124 valence electrons. The number of thiazole rings is 1. The molecule has 0 aliphatic heterocycles. The van der Waals surface area contributed by atoms with Gasteiger partial charge in [-0.3, -0.25) is 4.79 Å². The first-order chi connectivity index (χ1) is 12.2. The van der Waals surface area contributed by atoms with Crippen LogP contribution >= 0.6 is 11.3 Å². The molecule has 2 aromatic carbocycles. The zero-order valence-electron chi connectivity index (χ0n) is 13.8. The van der Waals surface area contributed by atoms with Gasteiger partial charge in [0.2, 0.25) is 4.96 Å². The maximum absolute atomic E-state index is 12.9. The topological polar surface area (TPSA) is 56.5 Å². The second-order valence-electron chi connectivity index (χ2n) is 5.67.